The van der Waals surface area contributed by atoms with Crippen LogP contribution in [0, 0.1) is 6.92 Å². The van der Waals surface area contributed by atoms with E-state index < -0.39 is 18.5 Å². The summed E-state index contributed by atoms with van der Waals surface area (Å²) in [5.74, 6) is -1.40. The Hall–Kier alpha value is -2.90. The first kappa shape index (κ1) is 24.7. The van der Waals surface area contributed by atoms with Crippen molar-refractivity contribution in [1.82, 2.24) is 9.78 Å². The summed E-state index contributed by atoms with van der Waals surface area (Å²) in [6.07, 6.45) is 3.86. The Bertz CT molecular complexity index is 1240. The molecular formula is C24H25Cl2N3O4. The van der Waals surface area contributed by atoms with Gasteiger partial charge < -0.3 is 10.1 Å². The largest absolute Gasteiger partial charge is 0.451 e. The lowest BCUT2D eigenvalue weighted by Crippen LogP contribution is -2.28. The molecule has 0 aliphatic heterocycles. The summed E-state index contributed by atoms with van der Waals surface area (Å²) in [5.41, 5.74) is 0.717. The molecule has 0 fully saturated rings. The van der Waals surface area contributed by atoms with Crippen molar-refractivity contribution >= 4 is 51.5 Å². The summed E-state index contributed by atoms with van der Waals surface area (Å²) in [5, 5.41) is 8.16. The van der Waals surface area contributed by atoms with Crippen molar-refractivity contribution in [3.63, 3.8) is 0 Å². The molecule has 1 heterocycles. The van der Waals surface area contributed by atoms with Crippen LogP contribution in [0.25, 0.3) is 10.8 Å². The molecule has 0 aliphatic carbocycles. The maximum atomic E-state index is 12.8. The molecule has 2 aromatic carbocycles. The Balaban J connectivity index is 1.78. The zero-order chi connectivity index (χ0) is 24.0. The number of carbonyl (C=O) groups is 2. The molecule has 0 unspecified atom stereocenters. The van der Waals surface area contributed by atoms with Gasteiger partial charge >= 0.3 is 5.97 Å². The second-order valence-electron chi connectivity index (χ2n) is 7.66. The van der Waals surface area contributed by atoms with Gasteiger partial charge in [0.05, 0.1) is 21.1 Å². The number of esters is 1. The van der Waals surface area contributed by atoms with Crippen LogP contribution in [0.5, 0.6) is 0 Å². The zero-order valence-electron chi connectivity index (χ0n) is 18.5. The number of halogens is 2. The number of nitrogens with zero attached hydrogens (tertiary/aromatic N) is 2. The highest BCUT2D eigenvalue weighted by Gasteiger charge is 2.20. The lowest BCUT2D eigenvalue weighted by atomic mass is 10.1. The average molecular weight is 490 g/mol. The first-order chi connectivity index (χ1) is 15.8. The standard InChI is InChI=1S/C24H25Cl2N3O4/c1-3-4-5-8-13-29-23(31)17-10-7-6-9-16(17)21(28-29)24(32)33-14-19(30)27-22-18(25)12-11-15(2)20(22)26/h6-7,9-12H,3-5,8,13-14H2,1-2H3,(H,27,30). The van der Waals surface area contributed by atoms with E-state index in [1.807, 2.05) is 0 Å². The topological polar surface area (TPSA) is 90.3 Å². The van der Waals surface area contributed by atoms with E-state index >= 15 is 0 Å². The summed E-state index contributed by atoms with van der Waals surface area (Å²) < 4.78 is 6.50. The minimum Gasteiger partial charge on any atom is -0.451 e. The molecule has 1 N–H and O–H groups in total. The second-order valence-corrected chi connectivity index (χ2v) is 8.45. The Morgan fingerprint density at radius 2 is 1.79 bits per heavy atom. The average Bonchev–Trinajstić information content (AvgIpc) is 2.82. The first-order valence-corrected chi connectivity index (χ1v) is 11.5. The van der Waals surface area contributed by atoms with Crippen LogP contribution in [-0.2, 0) is 16.1 Å². The minimum absolute atomic E-state index is 0.0138. The van der Waals surface area contributed by atoms with Gasteiger partial charge in [-0.1, -0.05) is 73.7 Å². The molecular weight excluding hydrogens is 465 g/mol. The second kappa shape index (κ2) is 11.3. The monoisotopic (exact) mass is 489 g/mol. The normalized spacial score (nSPS) is 10.9. The van der Waals surface area contributed by atoms with Crippen molar-refractivity contribution in [2.75, 3.05) is 11.9 Å². The molecule has 3 aromatic rings. The number of fused-ring (bicyclic) bond motifs is 1. The highest BCUT2D eigenvalue weighted by Crippen LogP contribution is 2.32. The van der Waals surface area contributed by atoms with E-state index in [9.17, 15) is 14.4 Å². The first-order valence-electron chi connectivity index (χ1n) is 10.7. The van der Waals surface area contributed by atoms with Gasteiger partial charge in [0, 0.05) is 11.9 Å². The van der Waals surface area contributed by atoms with E-state index in [0.29, 0.717) is 22.3 Å². The summed E-state index contributed by atoms with van der Waals surface area (Å²) in [6.45, 7) is 3.72. The quantitative estimate of drug-likeness (QED) is 0.321. The fourth-order valence-electron chi connectivity index (χ4n) is 3.37. The Morgan fingerprint density at radius 1 is 1.06 bits per heavy atom. The molecule has 0 spiro atoms. The molecule has 33 heavy (non-hydrogen) atoms. The van der Waals surface area contributed by atoms with Crippen molar-refractivity contribution in [2.24, 2.45) is 0 Å². The molecule has 0 saturated heterocycles. The fourth-order valence-corrected chi connectivity index (χ4v) is 3.84. The van der Waals surface area contributed by atoms with E-state index in [0.717, 1.165) is 31.2 Å². The number of unbranched alkanes of at least 4 members (excludes halogenated alkanes) is 3. The highest BCUT2D eigenvalue weighted by atomic mass is 35.5. The lowest BCUT2D eigenvalue weighted by Gasteiger charge is -2.12. The third kappa shape index (κ3) is 5.92. The predicted molar refractivity (Wildman–Crippen MR) is 130 cm³/mol. The van der Waals surface area contributed by atoms with Crippen LogP contribution in [0.15, 0.2) is 41.2 Å². The molecule has 1 aromatic heterocycles. The number of benzene rings is 2. The molecule has 7 nitrogen and oxygen atoms in total. The number of hydrogen-bond donors (Lipinski definition) is 1. The Morgan fingerprint density at radius 3 is 2.52 bits per heavy atom. The summed E-state index contributed by atoms with van der Waals surface area (Å²) in [7, 11) is 0. The number of nitrogens with one attached hydrogen (secondary N) is 1. The molecule has 3 rings (SSSR count). The predicted octanol–water partition coefficient (Wildman–Crippen LogP) is 5.39. The zero-order valence-corrected chi connectivity index (χ0v) is 20.0. The summed E-state index contributed by atoms with van der Waals surface area (Å²) in [4.78, 5) is 38.0. The molecule has 0 radical (unpaired) electrons. The van der Waals surface area contributed by atoms with Crippen LogP contribution in [0.3, 0.4) is 0 Å². The molecule has 0 aliphatic rings. The number of rotatable bonds is 9. The van der Waals surface area contributed by atoms with Gasteiger partial charge in [0.25, 0.3) is 11.5 Å². The molecule has 0 saturated carbocycles. The lowest BCUT2D eigenvalue weighted by molar-refractivity contribution is -0.119. The summed E-state index contributed by atoms with van der Waals surface area (Å²) >= 11 is 12.3. The Kier molecular flexibility index (Phi) is 8.47. The molecule has 0 bridgehead atoms. The van der Waals surface area contributed by atoms with E-state index in [2.05, 4.69) is 17.3 Å². The molecule has 9 heteroatoms. The number of carbonyl (C=O) groups excluding carboxylic acids is 2. The van der Waals surface area contributed by atoms with Crippen LogP contribution >= 0.6 is 23.2 Å². The number of amides is 1. The van der Waals surface area contributed by atoms with Crippen LogP contribution < -0.4 is 10.9 Å². The maximum Gasteiger partial charge on any atom is 0.359 e. The number of aryl methyl sites for hydroxylation is 2. The van der Waals surface area contributed by atoms with Gasteiger partial charge in [0.2, 0.25) is 0 Å². The van der Waals surface area contributed by atoms with Crippen molar-refractivity contribution in [3.05, 3.63) is 68.1 Å². The van der Waals surface area contributed by atoms with Gasteiger partial charge in [0.15, 0.2) is 12.3 Å². The molecule has 0 atom stereocenters. The van der Waals surface area contributed by atoms with E-state index in [1.165, 1.54) is 4.68 Å². The van der Waals surface area contributed by atoms with Crippen LogP contribution in [0.2, 0.25) is 10.0 Å². The van der Waals surface area contributed by atoms with Crippen molar-refractivity contribution < 1.29 is 14.3 Å². The molecule has 1 amide bonds. The number of anilines is 1. The molecule has 174 valence electrons. The highest BCUT2D eigenvalue weighted by molar-refractivity contribution is 6.40. The van der Waals surface area contributed by atoms with Crippen molar-refractivity contribution in [2.45, 2.75) is 46.1 Å². The van der Waals surface area contributed by atoms with Crippen molar-refractivity contribution in [1.29, 1.82) is 0 Å². The smallest absolute Gasteiger partial charge is 0.359 e. The van der Waals surface area contributed by atoms with Gasteiger partial charge in [-0.05, 0) is 31.0 Å². The minimum atomic E-state index is -0.801. The number of ether oxygens (including phenoxy) is 1. The van der Waals surface area contributed by atoms with Crippen molar-refractivity contribution in [3.8, 4) is 0 Å². The van der Waals surface area contributed by atoms with Crippen LogP contribution in [-0.4, -0.2) is 28.3 Å². The Labute approximate surface area is 201 Å². The van der Waals surface area contributed by atoms with Crippen LogP contribution in [0.1, 0.15) is 48.7 Å². The fraction of sp³-hybridized carbons (Fsp3) is 0.333. The van der Waals surface area contributed by atoms with Gasteiger partial charge in [-0.15, -0.1) is 0 Å². The SMILES string of the molecule is CCCCCCn1nc(C(=O)OCC(=O)Nc2c(Cl)ccc(C)c2Cl)c2ccccc2c1=O. The number of hydrogen-bond acceptors (Lipinski definition) is 5. The van der Waals surface area contributed by atoms with Gasteiger partial charge in [-0.3, -0.25) is 9.59 Å². The van der Waals surface area contributed by atoms with Gasteiger partial charge in [-0.2, -0.15) is 5.10 Å². The maximum absolute atomic E-state index is 12.8. The third-order valence-corrected chi connectivity index (χ3v) is 5.97. The number of aromatic nitrogens is 2. The van der Waals surface area contributed by atoms with Gasteiger partial charge in [0.1, 0.15) is 0 Å². The van der Waals surface area contributed by atoms with Crippen LogP contribution in [0.4, 0.5) is 5.69 Å². The summed E-state index contributed by atoms with van der Waals surface area (Å²) in [6, 6.07) is 10.1. The third-order valence-electron chi connectivity index (χ3n) is 5.17. The van der Waals surface area contributed by atoms with E-state index in [1.54, 1.807) is 43.3 Å². The van der Waals surface area contributed by atoms with E-state index in [4.69, 9.17) is 27.9 Å². The van der Waals surface area contributed by atoms with Gasteiger partial charge in [-0.25, -0.2) is 9.48 Å². The van der Waals surface area contributed by atoms with E-state index in [-0.39, 0.29) is 22.0 Å².